The van der Waals surface area contributed by atoms with Crippen LogP contribution in [0.1, 0.15) is 33.4 Å². The van der Waals surface area contributed by atoms with Crippen LogP contribution in [0.15, 0.2) is 72.8 Å². The molecular weight excluding hydrogens is 571 g/mol. The quantitative estimate of drug-likeness (QED) is 0.205. The van der Waals surface area contributed by atoms with E-state index in [0.29, 0.717) is 16.7 Å². The summed E-state index contributed by atoms with van der Waals surface area (Å²) in [5.74, 6) is 0. The maximum Gasteiger partial charge on any atom is 0.0991 e. The van der Waals surface area contributed by atoms with E-state index in [1.165, 1.54) is 61.6 Å². The van der Waals surface area contributed by atoms with Crippen LogP contribution in [0.4, 0.5) is 0 Å². The minimum atomic E-state index is 0.656. The first kappa shape index (κ1) is 26.1. The minimum Gasteiger partial charge on any atom is -0.192 e. The Balaban J connectivity index is 1.59. The lowest BCUT2D eigenvalue weighted by molar-refractivity contribution is 1.48. The topological polar surface area (TPSA) is 71.4 Å². The number of fused-ring (bicyclic) bond motifs is 6. The third-order valence-corrected chi connectivity index (χ3v) is 12.0. The molecule has 0 atom stereocenters. The molecule has 0 radical (unpaired) electrons. The van der Waals surface area contributed by atoms with Gasteiger partial charge >= 0.3 is 0 Å². The van der Waals surface area contributed by atoms with E-state index in [1.54, 1.807) is 0 Å². The van der Waals surface area contributed by atoms with Gasteiger partial charge in [0.15, 0.2) is 0 Å². The molecule has 0 amide bonds. The van der Waals surface area contributed by atoms with Crippen molar-refractivity contribution in [2.24, 2.45) is 0 Å². The highest BCUT2D eigenvalue weighted by molar-refractivity contribution is 7.30. The summed E-state index contributed by atoms with van der Waals surface area (Å²) in [5, 5.41) is 31.9. The molecule has 0 N–H and O–H groups in total. The summed E-state index contributed by atoms with van der Waals surface area (Å²) < 4.78 is 3.86. The molecule has 198 valence electrons. The van der Waals surface area contributed by atoms with Gasteiger partial charge in [-0.3, -0.25) is 0 Å². The summed E-state index contributed by atoms with van der Waals surface area (Å²) in [6, 6.07) is 30.3. The van der Waals surface area contributed by atoms with Crippen molar-refractivity contribution in [3.05, 3.63) is 106 Å². The van der Waals surface area contributed by atoms with Gasteiger partial charge < -0.3 is 0 Å². The van der Waals surface area contributed by atoms with Crippen molar-refractivity contribution in [1.29, 1.82) is 15.8 Å². The molecule has 0 fully saturated rings. The molecule has 0 aliphatic rings. The second-order valence-corrected chi connectivity index (χ2v) is 13.4. The van der Waals surface area contributed by atoms with Crippen LogP contribution in [0.2, 0.25) is 0 Å². The smallest absolute Gasteiger partial charge is 0.0991 e. The van der Waals surface area contributed by atoms with E-state index >= 15 is 0 Å². The Labute approximate surface area is 255 Å². The summed E-state index contributed by atoms with van der Waals surface area (Å²) in [5.41, 5.74) is 9.09. The molecule has 7 aromatic rings. The molecule has 7 rings (SSSR count). The number of nitriles is 3. The summed E-state index contributed by atoms with van der Waals surface area (Å²) in [6.45, 7) is 6.66. The van der Waals surface area contributed by atoms with Gasteiger partial charge in [0.1, 0.15) is 0 Å². The zero-order valence-electron chi connectivity index (χ0n) is 23.0. The van der Waals surface area contributed by atoms with Crippen molar-refractivity contribution in [3.63, 3.8) is 0 Å². The van der Waals surface area contributed by atoms with Crippen LogP contribution in [0, 0.1) is 54.8 Å². The second-order valence-electron chi connectivity index (χ2n) is 10.3. The van der Waals surface area contributed by atoms with Gasteiger partial charge in [-0.15, -0.1) is 34.0 Å². The molecule has 6 heteroatoms. The summed E-state index contributed by atoms with van der Waals surface area (Å²) >= 11 is 5.49. The minimum absolute atomic E-state index is 0.656. The molecule has 0 spiro atoms. The first-order valence-electron chi connectivity index (χ1n) is 13.4. The van der Waals surface area contributed by atoms with Crippen molar-refractivity contribution in [1.82, 2.24) is 0 Å². The fourth-order valence-electron chi connectivity index (χ4n) is 5.80. The average Bonchev–Trinajstić information content (AvgIpc) is 3.68. The van der Waals surface area contributed by atoms with E-state index in [4.69, 9.17) is 0 Å². The fraction of sp³-hybridized carbons (Fsp3) is 0.0833. The van der Waals surface area contributed by atoms with Crippen molar-refractivity contribution >= 4 is 64.3 Å². The lowest BCUT2D eigenvalue weighted by Crippen LogP contribution is -1.80. The van der Waals surface area contributed by atoms with Gasteiger partial charge in [-0.2, -0.15) is 15.8 Å². The highest BCUT2D eigenvalue weighted by atomic mass is 32.1. The van der Waals surface area contributed by atoms with Gasteiger partial charge in [-0.05, 0) is 90.6 Å². The highest BCUT2D eigenvalue weighted by Crippen LogP contribution is 2.55. The number of thiophene rings is 3. The van der Waals surface area contributed by atoms with E-state index in [0.717, 1.165) is 16.7 Å². The molecule has 0 unspecified atom stereocenters. The number of rotatable bonds is 3. The van der Waals surface area contributed by atoms with Crippen LogP contribution in [-0.2, 0) is 0 Å². The molecule has 0 saturated carbocycles. The van der Waals surface area contributed by atoms with Crippen LogP contribution in [0.25, 0.3) is 61.6 Å². The fourth-order valence-corrected chi connectivity index (χ4v) is 10.3. The van der Waals surface area contributed by atoms with Crippen LogP contribution in [0.5, 0.6) is 0 Å². The SMILES string of the molecule is Cc1c(-c2ccc(C#N)cc2)sc2c1c1sc(-c3ccc(C#N)cc3)c(C)c1c1sc(-c3ccc(C#N)cc3)c(C)c21. The number of hydrogen-bond donors (Lipinski definition) is 0. The Morgan fingerprint density at radius 3 is 0.857 bits per heavy atom. The summed E-state index contributed by atoms with van der Waals surface area (Å²) in [4.78, 5) is 3.67. The normalized spacial score (nSPS) is 11.1. The number of hydrogen-bond acceptors (Lipinski definition) is 6. The Hall–Kier alpha value is -4.77. The van der Waals surface area contributed by atoms with Crippen LogP contribution < -0.4 is 0 Å². The predicted octanol–water partition coefficient (Wildman–Crippen LogP) is 10.9. The van der Waals surface area contributed by atoms with Gasteiger partial charge in [0, 0.05) is 44.9 Å². The molecule has 42 heavy (non-hydrogen) atoms. The van der Waals surface area contributed by atoms with Crippen molar-refractivity contribution < 1.29 is 0 Å². The van der Waals surface area contributed by atoms with Crippen molar-refractivity contribution in [2.45, 2.75) is 20.8 Å². The van der Waals surface area contributed by atoms with Crippen molar-refractivity contribution in [2.75, 3.05) is 0 Å². The first-order chi connectivity index (χ1) is 20.4. The Bertz CT molecular complexity index is 2030. The van der Waals surface area contributed by atoms with Crippen LogP contribution >= 0.6 is 34.0 Å². The largest absolute Gasteiger partial charge is 0.192 e. The molecule has 3 aromatic heterocycles. The zero-order chi connectivity index (χ0) is 29.1. The third-order valence-electron chi connectivity index (χ3n) is 7.95. The maximum absolute atomic E-state index is 9.34. The Morgan fingerprint density at radius 1 is 0.405 bits per heavy atom. The van der Waals surface area contributed by atoms with E-state index in [2.05, 4.69) is 75.4 Å². The van der Waals surface area contributed by atoms with Crippen LogP contribution in [0.3, 0.4) is 0 Å². The van der Waals surface area contributed by atoms with E-state index < -0.39 is 0 Å². The van der Waals surface area contributed by atoms with E-state index in [-0.39, 0.29) is 0 Å². The van der Waals surface area contributed by atoms with Gasteiger partial charge in [-0.25, -0.2) is 0 Å². The molecular formula is C36H21N3S3. The Morgan fingerprint density at radius 2 is 0.643 bits per heavy atom. The summed E-state index contributed by atoms with van der Waals surface area (Å²) in [6.07, 6.45) is 0. The van der Waals surface area contributed by atoms with E-state index in [1.807, 2.05) is 70.4 Å². The molecule has 0 saturated heterocycles. The predicted molar refractivity (Wildman–Crippen MR) is 177 cm³/mol. The molecule has 3 nitrogen and oxygen atoms in total. The Kier molecular flexibility index (Phi) is 6.19. The standard InChI is InChI=1S/C36H21N3S3/c1-19-28-34(40-31(19)25-10-4-22(16-37)5-11-25)29-20(2)33(27-14-8-24(18-39)9-15-27)42-36(29)30-21(3)32(41-35(28)30)26-12-6-23(17-38)7-13-26/h4-15H,1-3H3. The van der Waals surface area contributed by atoms with Gasteiger partial charge in [0.25, 0.3) is 0 Å². The molecule has 0 aliphatic carbocycles. The monoisotopic (exact) mass is 591 g/mol. The highest BCUT2D eigenvalue weighted by Gasteiger charge is 2.25. The van der Waals surface area contributed by atoms with Gasteiger partial charge in [-0.1, -0.05) is 36.4 Å². The average molecular weight is 592 g/mol. The summed E-state index contributed by atoms with van der Waals surface area (Å²) in [7, 11) is 0. The molecule has 4 aromatic carbocycles. The van der Waals surface area contributed by atoms with Crippen molar-refractivity contribution in [3.8, 4) is 49.5 Å². The van der Waals surface area contributed by atoms with Gasteiger partial charge in [0.2, 0.25) is 0 Å². The third kappa shape index (κ3) is 3.87. The lowest BCUT2D eigenvalue weighted by atomic mass is 9.99. The van der Waals surface area contributed by atoms with Crippen LogP contribution in [-0.4, -0.2) is 0 Å². The molecule has 0 bridgehead atoms. The number of aryl methyl sites for hydroxylation is 3. The molecule has 3 heterocycles. The number of nitrogens with zero attached hydrogens (tertiary/aromatic N) is 3. The first-order valence-corrected chi connectivity index (χ1v) is 15.8. The molecule has 0 aliphatic heterocycles. The zero-order valence-corrected chi connectivity index (χ0v) is 25.4. The van der Waals surface area contributed by atoms with Gasteiger partial charge in [0.05, 0.1) is 34.9 Å². The lowest BCUT2D eigenvalue weighted by Gasteiger charge is -2.03. The maximum atomic E-state index is 9.34. The number of benzene rings is 4. The van der Waals surface area contributed by atoms with E-state index in [9.17, 15) is 15.8 Å². The second kappa shape index (κ2) is 9.95.